The Balaban J connectivity index is 1.31. The minimum atomic E-state index is -1.22. The number of β-lactam (4-membered cyclic amide) rings is 1. The molecule has 5 heterocycles. The third-order valence-electron chi connectivity index (χ3n) is 6.16. The number of carbonyl (C=O) groups is 3. The number of hydrogen-bond acceptors (Lipinski definition) is 12. The molecule has 2 aliphatic rings. The maximum absolute atomic E-state index is 13.1. The summed E-state index contributed by atoms with van der Waals surface area (Å²) in [5, 5.41) is 21.6. The molecular formula is C24H25N8O6S2+. The van der Waals surface area contributed by atoms with Crippen LogP contribution in [0.15, 0.2) is 50.9 Å². The smallest absolute Gasteiger partial charge is 0.352 e. The van der Waals surface area contributed by atoms with E-state index in [4.69, 9.17) is 15.1 Å². The number of fused-ring (bicyclic) bond motifs is 1. The summed E-state index contributed by atoms with van der Waals surface area (Å²) >= 11 is 2.49. The molecule has 40 heavy (non-hydrogen) atoms. The Morgan fingerprint density at radius 3 is 2.70 bits per heavy atom. The second kappa shape index (κ2) is 11.1. The van der Waals surface area contributed by atoms with Gasteiger partial charge in [-0.1, -0.05) is 24.2 Å². The number of oxime groups is 1. The van der Waals surface area contributed by atoms with Gasteiger partial charge in [-0.3, -0.25) is 14.5 Å². The minimum absolute atomic E-state index is 0.0892. The van der Waals surface area contributed by atoms with E-state index in [0.717, 1.165) is 16.9 Å². The number of nitrogens with two attached hydrogens (primary N) is 1. The third kappa shape index (κ3) is 5.14. The SMILES string of the molecule is CO/N=C(\C(=O)N[C@@H]1C(=O)N2C(C(=O)O)=C(C[n+]3ccc(-c4noc(C(C)C)n4)cc3)CS[C@H]12)c1csc(N)n1. The summed E-state index contributed by atoms with van der Waals surface area (Å²) in [4.78, 5) is 52.7. The number of anilines is 1. The van der Waals surface area contributed by atoms with Crippen LogP contribution in [0.4, 0.5) is 5.13 Å². The molecule has 0 aromatic carbocycles. The van der Waals surface area contributed by atoms with Gasteiger partial charge in [0.2, 0.25) is 11.7 Å². The Bertz CT molecular complexity index is 1530. The zero-order valence-electron chi connectivity index (χ0n) is 21.6. The van der Waals surface area contributed by atoms with Crippen molar-refractivity contribution in [2.45, 2.75) is 37.7 Å². The van der Waals surface area contributed by atoms with Crippen molar-refractivity contribution >= 4 is 51.7 Å². The summed E-state index contributed by atoms with van der Waals surface area (Å²) in [6, 6.07) is 2.68. The average Bonchev–Trinajstić information content (AvgIpc) is 3.60. The molecule has 14 nitrogen and oxygen atoms in total. The van der Waals surface area contributed by atoms with Crippen molar-refractivity contribution in [1.82, 2.24) is 25.3 Å². The maximum Gasteiger partial charge on any atom is 0.352 e. The highest BCUT2D eigenvalue weighted by molar-refractivity contribution is 8.00. The van der Waals surface area contributed by atoms with Gasteiger partial charge in [-0.25, -0.2) is 14.3 Å². The zero-order valence-corrected chi connectivity index (χ0v) is 23.2. The van der Waals surface area contributed by atoms with Gasteiger partial charge in [0, 0.05) is 40.3 Å². The van der Waals surface area contributed by atoms with Crippen LogP contribution >= 0.6 is 23.1 Å². The fourth-order valence-corrected chi connectivity index (χ4v) is 6.11. The van der Waals surface area contributed by atoms with Gasteiger partial charge in [0.25, 0.3) is 11.8 Å². The quantitative estimate of drug-likeness (QED) is 0.140. The highest BCUT2D eigenvalue weighted by Crippen LogP contribution is 2.40. The first-order chi connectivity index (χ1) is 19.2. The normalized spacial score (nSPS) is 18.9. The highest BCUT2D eigenvalue weighted by atomic mass is 32.2. The van der Waals surface area contributed by atoms with Crippen LogP contribution in [0.1, 0.15) is 31.4 Å². The Kier molecular flexibility index (Phi) is 7.53. The van der Waals surface area contributed by atoms with Crippen molar-refractivity contribution in [2.75, 3.05) is 18.6 Å². The van der Waals surface area contributed by atoms with Crippen LogP contribution in [0.3, 0.4) is 0 Å². The fraction of sp³-hybridized carbons (Fsp3) is 0.333. The predicted molar refractivity (Wildman–Crippen MR) is 144 cm³/mol. The van der Waals surface area contributed by atoms with E-state index in [0.29, 0.717) is 23.0 Å². The number of nitrogens with zero attached hydrogens (tertiary/aromatic N) is 6. The molecule has 0 spiro atoms. The lowest BCUT2D eigenvalue weighted by molar-refractivity contribution is -0.689. The van der Waals surface area contributed by atoms with Crippen molar-refractivity contribution in [3.63, 3.8) is 0 Å². The van der Waals surface area contributed by atoms with Crippen LogP contribution in [-0.4, -0.2) is 72.9 Å². The number of aromatic nitrogens is 4. The van der Waals surface area contributed by atoms with Gasteiger partial charge in [0.05, 0.1) is 0 Å². The van der Waals surface area contributed by atoms with E-state index in [1.54, 1.807) is 17.8 Å². The van der Waals surface area contributed by atoms with Crippen LogP contribution in [0.2, 0.25) is 0 Å². The maximum atomic E-state index is 13.1. The molecule has 0 saturated carbocycles. The number of aliphatic carboxylic acids is 1. The van der Waals surface area contributed by atoms with Crippen molar-refractivity contribution in [3.8, 4) is 11.4 Å². The second-order valence-electron chi connectivity index (χ2n) is 9.18. The van der Waals surface area contributed by atoms with Crippen LogP contribution in [0.5, 0.6) is 0 Å². The number of thiazole rings is 1. The number of pyridine rings is 1. The molecule has 208 valence electrons. The largest absolute Gasteiger partial charge is 0.477 e. The summed E-state index contributed by atoms with van der Waals surface area (Å²) in [5.41, 5.74) is 6.95. The van der Waals surface area contributed by atoms with E-state index in [2.05, 4.69) is 25.6 Å². The topological polar surface area (TPSA) is 190 Å². The van der Waals surface area contributed by atoms with Crippen LogP contribution < -0.4 is 15.6 Å². The number of nitrogen functional groups attached to an aromatic ring is 1. The standard InChI is InChI=1S/C24H24N8O6S2/c1-11(2)20-28-18(30-38-20)12-4-6-31(7-5-12)8-13-9-39-22-16(21(34)32(22)17(13)23(35)36)27-19(33)15(29-37-3)14-10-40-24(25)26-14/h4-7,10-11,16,22H,8-9H2,1-3H3,(H3-,25,26,27,33,35,36)/p+1/b29-15-/t16-,22-/m1/s1. The summed E-state index contributed by atoms with van der Waals surface area (Å²) < 4.78 is 7.07. The van der Waals surface area contributed by atoms with E-state index in [1.807, 2.05) is 30.5 Å². The van der Waals surface area contributed by atoms with E-state index < -0.39 is 29.2 Å². The molecular weight excluding hydrogens is 560 g/mol. The Morgan fingerprint density at radius 2 is 2.10 bits per heavy atom. The van der Waals surface area contributed by atoms with Gasteiger partial charge in [0.15, 0.2) is 29.8 Å². The molecule has 1 fully saturated rings. The number of amides is 2. The highest BCUT2D eigenvalue weighted by Gasteiger charge is 2.54. The van der Waals surface area contributed by atoms with E-state index in [9.17, 15) is 19.5 Å². The molecule has 4 N–H and O–H groups in total. The molecule has 0 unspecified atom stereocenters. The fourth-order valence-electron chi connectivity index (χ4n) is 4.23. The number of carboxylic acid groups (broad SMARTS) is 1. The predicted octanol–water partition coefficient (Wildman–Crippen LogP) is 0.976. The zero-order chi connectivity index (χ0) is 28.6. The van der Waals surface area contributed by atoms with Gasteiger partial charge in [-0.05, 0) is 0 Å². The van der Waals surface area contributed by atoms with Gasteiger partial charge >= 0.3 is 5.97 Å². The number of carboxylic acids is 1. The van der Waals surface area contributed by atoms with Crippen molar-refractivity contribution in [2.24, 2.45) is 5.16 Å². The van der Waals surface area contributed by atoms with Crippen molar-refractivity contribution < 1.29 is 33.4 Å². The Morgan fingerprint density at radius 1 is 1.35 bits per heavy atom. The van der Waals surface area contributed by atoms with E-state index in [-0.39, 0.29) is 34.7 Å². The molecule has 2 atom stereocenters. The second-order valence-corrected chi connectivity index (χ2v) is 11.2. The van der Waals surface area contributed by atoms with Gasteiger partial charge in [0.1, 0.15) is 29.9 Å². The molecule has 3 aromatic heterocycles. The Hall–Kier alpha value is -4.31. The first-order valence-corrected chi connectivity index (χ1v) is 14.0. The summed E-state index contributed by atoms with van der Waals surface area (Å²) in [6.45, 7) is 4.17. The number of rotatable bonds is 9. The van der Waals surface area contributed by atoms with Crippen molar-refractivity contribution in [1.29, 1.82) is 0 Å². The lowest BCUT2D eigenvalue weighted by Crippen LogP contribution is -2.71. The third-order valence-corrected chi connectivity index (χ3v) is 8.17. The monoisotopic (exact) mass is 585 g/mol. The number of carbonyl (C=O) groups excluding carboxylic acids is 2. The summed E-state index contributed by atoms with van der Waals surface area (Å²) in [5.74, 6) is -0.971. The molecule has 0 bridgehead atoms. The van der Waals surface area contributed by atoms with E-state index in [1.165, 1.54) is 23.8 Å². The first-order valence-electron chi connectivity index (χ1n) is 12.0. The molecule has 16 heteroatoms. The molecule has 2 aliphatic heterocycles. The van der Waals surface area contributed by atoms with Gasteiger partial charge in [-0.15, -0.1) is 23.1 Å². The van der Waals surface area contributed by atoms with Crippen molar-refractivity contribution in [3.05, 3.63) is 52.8 Å². The van der Waals surface area contributed by atoms with E-state index >= 15 is 0 Å². The van der Waals surface area contributed by atoms with Gasteiger partial charge < -0.3 is 25.5 Å². The molecule has 0 aliphatic carbocycles. The van der Waals surface area contributed by atoms with Crippen LogP contribution in [0, 0.1) is 0 Å². The molecule has 5 rings (SSSR count). The number of thioether (sulfide) groups is 1. The van der Waals surface area contributed by atoms with Gasteiger partial charge in [-0.2, -0.15) is 4.98 Å². The molecule has 1 saturated heterocycles. The first kappa shape index (κ1) is 27.3. The van der Waals surface area contributed by atoms with Crippen LogP contribution in [0.25, 0.3) is 11.4 Å². The summed E-state index contributed by atoms with van der Waals surface area (Å²) in [6.07, 6.45) is 3.57. The summed E-state index contributed by atoms with van der Waals surface area (Å²) in [7, 11) is 1.28. The molecule has 2 amide bonds. The average molecular weight is 586 g/mol. The Labute approximate surface area is 235 Å². The molecule has 0 radical (unpaired) electrons. The minimum Gasteiger partial charge on any atom is -0.477 e. The lowest BCUT2D eigenvalue weighted by Gasteiger charge is -2.49. The number of nitrogens with one attached hydrogen (secondary N) is 1. The molecule has 3 aromatic rings. The number of hydrogen-bond donors (Lipinski definition) is 3. The lowest BCUT2D eigenvalue weighted by atomic mass is 10.0. The van der Waals surface area contributed by atoms with Crippen LogP contribution in [-0.2, 0) is 25.8 Å².